The largest absolute Gasteiger partial charge is 0.497 e. The predicted molar refractivity (Wildman–Crippen MR) is 147 cm³/mol. The molecule has 0 saturated carbocycles. The zero-order chi connectivity index (χ0) is 26.1. The Kier molecular flexibility index (Phi) is 8.17. The van der Waals surface area contributed by atoms with Crippen LogP contribution in [-0.4, -0.2) is 35.1 Å². The quantitative estimate of drug-likeness (QED) is 0.216. The molecule has 0 spiro atoms. The highest BCUT2D eigenvalue weighted by Crippen LogP contribution is 2.24. The van der Waals surface area contributed by atoms with E-state index < -0.39 is 9.84 Å². The van der Waals surface area contributed by atoms with Crippen molar-refractivity contribution in [2.45, 2.75) is 9.79 Å². The van der Waals surface area contributed by atoms with Gasteiger partial charge in [0.15, 0.2) is 0 Å². The van der Waals surface area contributed by atoms with Crippen LogP contribution in [0.2, 0.25) is 0 Å². The summed E-state index contributed by atoms with van der Waals surface area (Å²) in [5.74, 6) is 1.48. The minimum absolute atomic E-state index is 0.187. The number of nitrogens with one attached hydrogen (secondary N) is 2. The fourth-order valence-corrected chi connectivity index (χ4v) is 4.62. The fraction of sp³-hybridized carbons (Fsp3) is 0.0714. The summed E-state index contributed by atoms with van der Waals surface area (Å²) < 4.78 is 36.5. The summed E-state index contributed by atoms with van der Waals surface area (Å²) in [6.07, 6.45) is 3.31. The van der Waals surface area contributed by atoms with Gasteiger partial charge in [-0.15, -0.1) is 0 Å². The van der Waals surface area contributed by atoms with E-state index in [0.717, 1.165) is 22.6 Å². The third kappa shape index (κ3) is 6.74. The molecule has 0 bridgehead atoms. The Labute approximate surface area is 216 Å². The van der Waals surface area contributed by atoms with E-state index in [2.05, 4.69) is 21.1 Å². The van der Waals surface area contributed by atoms with Gasteiger partial charge in [0.25, 0.3) is 0 Å². The number of hydrogen-bond acceptors (Lipinski definition) is 8. The standard InChI is InChI=1S/C28H26N4O4S/c1-35-25-7-3-5-21(17-25)19-29-31-23-9-13-27(14-10-23)37(33,34)28-15-11-24(12-16-28)32-30-20-22-6-4-8-26(18-22)36-2/h3-20,31-32H,1-2H3. The van der Waals surface area contributed by atoms with Crippen LogP contribution in [0, 0.1) is 0 Å². The van der Waals surface area contributed by atoms with Crippen molar-refractivity contribution in [2.75, 3.05) is 25.1 Å². The molecule has 37 heavy (non-hydrogen) atoms. The van der Waals surface area contributed by atoms with Crippen LogP contribution in [-0.2, 0) is 9.84 Å². The first-order valence-electron chi connectivity index (χ1n) is 11.3. The molecule has 2 N–H and O–H groups in total. The van der Waals surface area contributed by atoms with Crippen molar-refractivity contribution in [3.63, 3.8) is 0 Å². The molecule has 0 atom stereocenters. The molecule has 0 radical (unpaired) electrons. The van der Waals surface area contributed by atoms with E-state index in [1.807, 2.05) is 48.5 Å². The van der Waals surface area contributed by atoms with Crippen LogP contribution >= 0.6 is 0 Å². The van der Waals surface area contributed by atoms with Crippen LogP contribution in [0.1, 0.15) is 11.1 Å². The molecule has 188 valence electrons. The normalized spacial score (nSPS) is 11.5. The number of hydrogen-bond donors (Lipinski definition) is 2. The van der Waals surface area contributed by atoms with Crippen molar-refractivity contribution >= 4 is 33.6 Å². The Hall–Kier alpha value is -4.63. The van der Waals surface area contributed by atoms with Crippen molar-refractivity contribution in [1.82, 2.24) is 0 Å². The lowest BCUT2D eigenvalue weighted by Gasteiger charge is -2.07. The molecule has 0 fully saturated rings. The summed E-state index contributed by atoms with van der Waals surface area (Å²) in [5.41, 5.74) is 8.86. The maximum absolute atomic E-state index is 13.1. The highest BCUT2D eigenvalue weighted by molar-refractivity contribution is 7.91. The number of sulfone groups is 1. The molecule has 4 aromatic carbocycles. The summed E-state index contributed by atoms with van der Waals surface area (Å²) >= 11 is 0. The van der Waals surface area contributed by atoms with Crippen LogP contribution in [0.15, 0.2) is 117 Å². The van der Waals surface area contributed by atoms with E-state index in [9.17, 15) is 8.42 Å². The Bertz CT molecular complexity index is 1390. The van der Waals surface area contributed by atoms with E-state index in [1.54, 1.807) is 75.2 Å². The van der Waals surface area contributed by atoms with Gasteiger partial charge in [0.05, 0.1) is 47.8 Å². The predicted octanol–water partition coefficient (Wildman–Crippen LogP) is 5.43. The van der Waals surface area contributed by atoms with Crippen LogP contribution in [0.5, 0.6) is 11.5 Å². The van der Waals surface area contributed by atoms with Gasteiger partial charge in [0.1, 0.15) is 11.5 Å². The van der Waals surface area contributed by atoms with Gasteiger partial charge in [-0.25, -0.2) is 8.42 Å². The first kappa shape index (κ1) is 25.5. The van der Waals surface area contributed by atoms with Crippen molar-refractivity contribution < 1.29 is 17.9 Å². The van der Waals surface area contributed by atoms with Crippen LogP contribution in [0.3, 0.4) is 0 Å². The molecular formula is C28H26N4O4S. The van der Waals surface area contributed by atoms with Gasteiger partial charge in [0.2, 0.25) is 9.84 Å². The molecule has 0 amide bonds. The lowest BCUT2D eigenvalue weighted by atomic mass is 10.2. The SMILES string of the molecule is COc1cccc(C=NNc2ccc(S(=O)(=O)c3ccc(NN=Cc4cccc(OC)c4)cc3)cc2)c1. The number of rotatable bonds is 10. The molecule has 0 aliphatic rings. The van der Waals surface area contributed by atoms with Gasteiger partial charge in [0, 0.05) is 0 Å². The zero-order valence-corrected chi connectivity index (χ0v) is 21.1. The number of anilines is 2. The number of hydrazone groups is 2. The molecule has 0 heterocycles. The van der Waals surface area contributed by atoms with E-state index in [4.69, 9.17) is 9.47 Å². The van der Waals surface area contributed by atoms with Crippen molar-refractivity contribution in [1.29, 1.82) is 0 Å². The monoisotopic (exact) mass is 514 g/mol. The summed E-state index contributed by atoms with van der Waals surface area (Å²) in [6.45, 7) is 0. The lowest BCUT2D eigenvalue weighted by Crippen LogP contribution is -2.02. The average molecular weight is 515 g/mol. The zero-order valence-electron chi connectivity index (χ0n) is 20.3. The van der Waals surface area contributed by atoms with Crippen LogP contribution in [0.25, 0.3) is 0 Å². The van der Waals surface area contributed by atoms with Gasteiger partial charge in [-0.05, 0) is 83.9 Å². The number of methoxy groups -OCH3 is 2. The van der Waals surface area contributed by atoms with Crippen LogP contribution in [0.4, 0.5) is 11.4 Å². The second-order valence-corrected chi connectivity index (χ2v) is 9.80. The van der Waals surface area contributed by atoms with Gasteiger partial charge in [-0.1, -0.05) is 24.3 Å². The highest BCUT2D eigenvalue weighted by Gasteiger charge is 2.17. The Morgan fingerprint density at radius 2 is 1.03 bits per heavy atom. The first-order chi connectivity index (χ1) is 18.0. The van der Waals surface area contributed by atoms with Gasteiger partial charge in [-0.2, -0.15) is 10.2 Å². The molecule has 0 unspecified atom stereocenters. The third-order valence-corrected chi connectivity index (χ3v) is 7.12. The summed E-state index contributed by atoms with van der Waals surface area (Å²) in [5, 5.41) is 8.39. The summed E-state index contributed by atoms with van der Waals surface area (Å²) in [6, 6.07) is 27.8. The lowest BCUT2D eigenvalue weighted by molar-refractivity contribution is 0.414. The molecule has 0 aromatic heterocycles. The number of ether oxygens (including phenoxy) is 2. The molecule has 0 saturated heterocycles. The molecular weight excluding hydrogens is 488 g/mol. The van der Waals surface area contributed by atoms with Crippen molar-refractivity contribution in [2.24, 2.45) is 10.2 Å². The van der Waals surface area contributed by atoms with E-state index in [-0.39, 0.29) is 9.79 Å². The minimum atomic E-state index is -3.68. The fourth-order valence-electron chi connectivity index (χ4n) is 3.36. The Balaban J connectivity index is 1.37. The molecule has 4 rings (SSSR count). The second kappa shape index (κ2) is 11.9. The minimum Gasteiger partial charge on any atom is -0.497 e. The van der Waals surface area contributed by atoms with Gasteiger partial charge < -0.3 is 9.47 Å². The maximum Gasteiger partial charge on any atom is 0.206 e. The van der Waals surface area contributed by atoms with Gasteiger partial charge >= 0.3 is 0 Å². The van der Waals surface area contributed by atoms with Crippen LogP contribution < -0.4 is 20.3 Å². The Morgan fingerprint density at radius 3 is 1.41 bits per heavy atom. The average Bonchev–Trinajstić information content (AvgIpc) is 2.94. The van der Waals surface area contributed by atoms with Crippen molar-refractivity contribution in [3.05, 3.63) is 108 Å². The van der Waals surface area contributed by atoms with E-state index in [0.29, 0.717) is 11.4 Å². The highest BCUT2D eigenvalue weighted by atomic mass is 32.2. The molecule has 0 aliphatic carbocycles. The molecule has 0 aliphatic heterocycles. The van der Waals surface area contributed by atoms with E-state index >= 15 is 0 Å². The molecule has 4 aromatic rings. The van der Waals surface area contributed by atoms with Gasteiger partial charge in [-0.3, -0.25) is 10.9 Å². The summed E-state index contributed by atoms with van der Waals surface area (Å²) in [7, 11) is -0.462. The second-order valence-electron chi connectivity index (χ2n) is 7.85. The number of nitrogens with zero attached hydrogens (tertiary/aromatic N) is 2. The molecule has 8 nitrogen and oxygen atoms in total. The topological polar surface area (TPSA) is 101 Å². The van der Waals surface area contributed by atoms with Crippen molar-refractivity contribution in [3.8, 4) is 11.5 Å². The maximum atomic E-state index is 13.1. The third-order valence-electron chi connectivity index (χ3n) is 5.33. The summed E-state index contributed by atoms with van der Waals surface area (Å²) in [4.78, 5) is 0.373. The first-order valence-corrected chi connectivity index (χ1v) is 12.8. The smallest absolute Gasteiger partial charge is 0.206 e. The van der Waals surface area contributed by atoms with E-state index in [1.165, 1.54) is 0 Å². The number of benzene rings is 4. The Morgan fingerprint density at radius 1 is 0.622 bits per heavy atom. The molecule has 9 heteroatoms.